The lowest BCUT2D eigenvalue weighted by atomic mass is 10.1. The zero-order valence-corrected chi connectivity index (χ0v) is 11.1. The highest BCUT2D eigenvalue weighted by atomic mass is 32.1. The molecule has 0 radical (unpaired) electrons. The Morgan fingerprint density at radius 3 is 2.69 bits per heavy atom. The van der Waals surface area contributed by atoms with Crippen molar-refractivity contribution in [2.24, 2.45) is 0 Å². The first kappa shape index (κ1) is 13.0. The molecule has 0 aromatic carbocycles. The van der Waals surface area contributed by atoms with E-state index in [-0.39, 0.29) is 11.9 Å². The predicted octanol–water partition coefficient (Wildman–Crippen LogP) is 2.29. The lowest BCUT2D eigenvalue weighted by Crippen LogP contribution is -2.34. The second kappa shape index (κ2) is 5.30. The van der Waals surface area contributed by atoms with Gasteiger partial charge in [0, 0.05) is 13.1 Å². The molecule has 0 aliphatic carbocycles. The maximum absolute atomic E-state index is 12.1. The summed E-state index contributed by atoms with van der Waals surface area (Å²) in [6.45, 7) is 5.99. The Kier molecular flexibility index (Phi) is 4.29. The Balaban J connectivity index is 2.81. The molecular formula is C11H19N3OS. The van der Waals surface area contributed by atoms with Gasteiger partial charge in [-0.25, -0.2) is 4.98 Å². The lowest BCUT2D eigenvalue weighted by Gasteiger charge is -2.24. The summed E-state index contributed by atoms with van der Waals surface area (Å²) in [5, 5.41) is 0.456. The van der Waals surface area contributed by atoms with Crippen LogP contribution in [0.3, 0.4) is 0 Å². The van der Waals surface area contributed by atoms with Crippen LogP contribution in [0, 0.1) is 6.92 Å². The number of carbonyl (C=O) groups excluding carboxylic acids is 1. The summed E-state index contributed by atoms with van der Waals surface area (Å²) in [5.74, 6) is 0.0210. The quantitative estimate of drug-likeness (QED) is 0.880. The average Bonchev–Trinajstić information content (AvgIpc) is 2.56. The van der Waals surface area contributed by atoms with Gasteiger partial charge in [-0.3, -0.25) is 4.79 Å². The molecule has 0 aliphatic heterocycles. The van der Waals surface area contributed by atoms with Gasteiger partial charge in [0.25, 0.3) is 5.91 Å². The summed E-state index contributed by atoms with van der Waals surface area (Å²) in [6.07, 6.45) is 2.08. The largest absolute Gasteiger partial charge is 0.375 e. The van der Waals surface area contributed by atoms with E-state index in [4.69, 9.17) is 5.73 Å². The highest BCUT2D eigenvalue weighted by molar-refractivity contribution is 7.17. The van der Waals surface area contributed by atoms with E-state index in [0.29, 0.717) is 10.0 Å². The van der Waals surface area contributed by atoms with E-state index in [1.54, 1.807) is 4.90 Å². The van der Waals surface area contributed by atoms with Crippen LogP contribution in [0.5, 0.6) is 0 Å². The first-order valence-electron chi connectivity index (χ1n) is 5.47. The van der Waals surface area contributed by atoms with Crippen LogP contribution in [0.25, 0.3) is 0 Å². The molecule has 1 aromatic rings. The molecule has 1 amide bonds. The molecule has 0 bridgehead atoms. The van der Waals surface area contributed by atoms with Crippen molar-refractivity contribution in [3.63, 3.8) is 0 Å². The molecule has 0 fully saturated rings. The van der Waals surface area contributed by atoms with E-state index in [1.165, 1.54) is 11.3 Å². The fraction of sp³-hybridized carbons (Fsp3) is 0.636. The van der Waals surface area contributed by atoms with Gasteiger partial charge in [-0.2, -0.15) is 0 Å². The molecular weight excluding hydrogens is 222 g/mol. The Morgan fingerprint density at radius 1 is 1.62 bits per heavy atom. The first-order valence-corrected chi connectivity index (χ1v) is 6.29. The SMILES string of the molecule is CCCC(C)N(C)C(=O)c1sc(N)nc1C. The van der Waals surface area contributed by atoms with Gasteiger partial charge < -0.3 is 10.6 Å². The maximum Gasteiger partial charge on any atom is 0.265 e. The molecule has 16 heavy (non-hydrogen) atoms. The Hall–Kier alpha value is -1.10. The molecule has 1 aromatic heterocycles. The number of rotatable bonds is 4. The van der Waals surface area contributed by atoms with Gasteiger partial charge in [0.2, 0.25) is 0 Å². The minimum Gasteiger partial charge on any atom is -0.375 e. The number of amides is 1. The lowest BCUT2D eigenvalue weighted by molar-refractivity contribution is 0.0740. The highest BCUT2D eigenvalue weighted by Gasteiger charge is 2.21. The number of nitrogen functional groups attached to an aromatic ring is 1. The monoisotopic (exact) mass is 241 g/mol. The third-order valence-electron chi connectivity index (χ3n) is 2.70. The van der Waals surface area contributed by atoms with Crippen LogP contribution >= 0.6 is 11.3 Å². The topological polar surface area (TPSA) is 59.2 Å². The van der Waals surface area contributed by atoms with Crippen molar-refractivity contribution in [2.45, 2.75) is 39.7 Å². The molecule has 0 spiro atoms. The van der Waals surface area contributed by atoms with E-state index < -0.39 is 0 Å². The van der Waals surface area contributed by atoms with E-state index in [1.807, 2.05) is 14.0 Å². The predicted molar refractivity (Wildman–Crippen MR) is 67.7 cm³/mol. The molecule has 0 aliphatic rings. The zero-order valence-electron chi connectivity index (χ0n) is 10.3. The molecule has 2 N–H and O–H groups in total. The fourth-order valence-corrected chi connectivity index (χ4v) is 2.40. The van der Waals surface area contributed by atoms with Gasteiger partial charge in [0.15, 0.2) is 5.13 Å². The van der Waals surface area contributed by atoms with Crippen molar-refractivity contribution < 1.29 is 4.79 Å². The first-order chi connectivity index (χ1) is 7.47. The zero-order chi connectivity index (χ0) is 12.3. The van der Waals surface area contributed by atoms with Crippen LogP contribution in [0.15, 0.2) is 0 Å². The maximum atomic E-state index is 12.1. The number of nitrogens with two attached hydrogens (primary N) is 1. The summed E-state index contributed by atoms with van der Waals surface area (Å²) in [6, 6.07) is 0.250. The van der Waals surface area contributed by atoms with E-state index >= 15 is 0 Å². The van der Waals surface area contributed by atoms with Crippen molar-refractivity contribution in [3.8, 4) is 0 Å². The standard InChI is InChI=1S/C11H19N3OS/c1-5-6-7(2)14(4)10(15)9-8(3)13-11(12)16-9/h7H,5-6H2,1-4H3,(H2,12,13). The van der Waals surface area contributed by atoms with Gasteiger partial charge in [-0.1, -0.05) is 24.7 Å². The molecule has 0 saturated carbocycles. The number of hydrogen-bond acceptors (Lipinski definition) is 4. The normalized spacial score (nSPS) is 12.5. The number of nitrogens with zero attached hydrogens (tertiary/aromatic N) is 2. The second-order valence-electron chi connectivity index (χ2n) is 4.02. The molecule has 1 rings (SSSR count). The van der Waals surface area contributed by atoms with Gasteiger partial charge in [-0.15, -0.1) is 0 Å². The van der Waals surface area contributed by atoms with Gasteiger partial charge >= 0.3 is 0 Å². The number of aryl methyl sites for hydroxylation is 1. The number of carbonyl (C=O) groups is 1. The van der Waals surface area contributed by atoms with E-state index in [9.17, 15) is 4.79 Å². The van der Waals surface area contributed by atoms with Crippen molar-refractivity contribution in [3.05, 3.63) is 10.6 Å². The number of anilines is 1. The fourth-order valence-electron chi connectivity index (χ4n) is 1.59. The van der Waals surface area contributed by atoms with E-state index in [0.717, 1.165) is 18.5 Å². The molecule has 4 nitrogen and oxygen atoms in total. The molecule has 1 heterocycles. The Labute approximate surface area is 100 Å². The molecule has 0 saturated heterocycles. The molecule has 90 valence electrons. The van der Waals surface area contributed by atoms with Crippen LogP contribution in [-0.4, -0.2) is 28.9 Å². The van der Waals surface area contributed by atoms with Crippen LogP contribution in [-0.2, 0) is 0 Å². The Bertz CT molecular complexity index is 375. The second-order valence-corrected chi connectivity index (χ2v) is 5.05. The summed E-state index contributed by atoms with van der Waals surface area (Å²) in [4.78, 5) is 18.6. The highest BCUT2D eigenvalue weighted by Crippen LogP contribution is 2.22. The molecule has 1 atom stereocenters. The number of thiazole rings is 1. The third-order valence-corrected chi connectivity index (χ3v) is 3.67. The van der Waals surface area contributed by atoms with Crippen LogP contribution in [0.4, 0.5) is 5.13 Å². The number of hydrogen-bond donors (Lipinski definition) is 1. The average molecular weight is 241 g/mol. The number of aromatic nitrogens is 1. The third kappa shape index (κ3) is 2.72. The Morgan fingerprint density at radius 2 is 2.25 bits per heavy atom. The van der Waals surface area contributed by atoms with Crippen LogP contribution in [0.1, 0.15) is 42.1 Å². The van der Waals surface area contributed by atoms with E-state index in [2.05, 4.69) is 18.8 Å². The van der Waals surface area contributed by atoms with Crippen LogP contribution < -0.4 is 5.73 Å². The van der Waals surface area contributed by atoms with Crippen molar-refractivity contribution >= 4 is 22.4 Å². The summed E-state index contributed by atoms with van der Waals surface area (Å²) in [7, 11) is 1.83. The molecule has 1 unspecified atom stereocenters. The van der Waals surface area contributed by atoms with Crippen molar-refractivity contribution in [2.75, 3.05) is 12.8 Å². The van der Waals surface area contributed by atoms with Crippen molar-refractivity contribution in [1.82, 2.24) is 9.88 Å². The minimum atomic E-state index is 0.0210. The van der Waals surface area contributed by atoms with Crippen molar-refractivity contribution in [1.29, 1.82) is 0 Å². The summed E-state index contributed by atoms with van der Waals surface area (Å²) < 4.78 is 0. The van der Waals surface area contributed by atoms with Gasteiger partial charge in [-0.05, 0) is 20.3 Å². The van der Waals surface area contributed by atoms with Gasteiger partial charge in [0.1, 0.15) is 4.88 Å². The molecule has 5 heteroatoms. The smallest absolute Gasteiger partial charge is 0.265 e. The van der Waals surface area contributed by atoms with Gasteiger partial charge in [0.05, 0.1) is 5.69 Å². The minimum absolute atomic E-state index is 0.0210. The summed E-state index contributed by atoms with van der Waals surface area (Å²) >= 11 is 1.26. The van der Waals surface area contributed by atoms with Crippen LogP contribution in [0.2, 0.25) is 0 Å². The summed E-state index contributed by atoms with van der Waals surface area (Å²) in [5.41, 5.74) is 6.31.